The Bertz CT molecular complexity index is 963. The number of esters is 1. The van der Waals surface area contributed by atoms with Gasteiger partial charge in [-0.3, -0.25) is 10.1 Å². The van der Waals surface area contributed by atoms with Crippen molar-refractivity contribution in [3.8, 4) is 17.6 Å². The van der Waals surface area contributed by atoms with Crippen LogP contribution in [0.3, 0.4) is 0 Å². The Hall–Kier alpha value is -3.63. The third-order valence-corrected chi connectivity index (χ3v) is 3.53. The second kappa shape index (κ2) is 9.17. The van der Waals surface area contributed by atoms with Gasteiger partial charge in [-0.2, -0.15) is 5.26 Å². The maximum absolute atomic E-state index is 11.8. The minimum absolute atomic E-state index is 0.0296. The van der Waals surface area contributed by atoms with E-state index >= 15 is 0 Å². The van der Waals surface area contributed by atoms with Crippen molar-refractivity contribution in [2.75, 3.05) is 6.61 Å². The van der Waals surface area contributed by atoms with Gasteiger partial charge < -0.3 is 9.47 Å². The number of nitrogens with zero attached hydrogens (tertiary/aromatic N) is 2. The Kier molecular flexibility index (Phi) is 6.69. The highest BCUT2D eigenvalue weighted by Crippen LogP contribution is 2.35. The number of carbonyl (C=O) groups is 1. The normalized spacial score (nSPS) is 10.6. The summed E-state index contributed by atoms with van der Waals surface area (Å²) in [5, 5.41) is 20.8. The summed E-state index contributed by atoms with van der Waals surface area (Å²) in [5.41, 5.74) is -0.383. The Morgan fingerprint density at radius 1 is 1.30 bits per heavy atom. The number of nitro groups is 1. The van der Waals surface area contributed by atoms with Gasteiger partial charge in [-0.25, -0.2) is 4.79 Å². The van der Waals surface area contributed by atoms with Crippen molar-refractivity contribution in [2.45, 2.75) is 0 Å². The largest absolute Gasteiger partial charge is 0.457 e. The Morgan fingerprint density at radius 3 is 2.67 bits per heavy atom. The lowest BCUT2D eigenvalue weighted by Gasteiger charge is -2.08. The summed E-state index contributed by atoms with van der Waals surface area (Å²) >= 11 is 6.00. The Morgan fingerprint density at radius 2 is 2.04 bits per heavy atom. The molecule has 2 rings (SSSR count). The lowest BCUT2D eigenvalue weighted by Crippen LogP contribution is -2.06. The number of nitriles is 1. The van der Waals surface area contributed by atoms with Gasteiger partial charge >= 0.3 is 11.7 Å². The van der Waals surface area contributed by atoms with E-state index in [9.17, 15) is 14.9 Å². The van der Waals surface area contributed by atoms with Crippen molar-refractivity contribution in [3.63, 3.8) is 0 Å². The molecule has 0 spiro atoms. The van der Waals surface area contributed by atoms with Crippen molar-refractivity contribution in [1.29, 1.82) is 5.26 Å². The molecule has 0 radical (unpaired) electrons. The summed E-state index contributed by atoms with van der Waals surface area (Å²) in [6.45, 7) is 3.35. The molecule has 0 aromatic heterocycles. The Balaban J connectivity index is 2.37. The summed E-state index contributed by atoms with van der Waals surface area (Å²) in [4.78, 5) is 22.5. The van der Waals surface area contributed by atoms with Crippen LogP contribution in [0.2, 0.25) is 5.02 Å². The van der Waals surface area contributed by atoms with E-state index in [2.05, 4.69) is 6.58 Å². The molecule has 27 heavy (non-hydrogen) atoms. The maximum atomic E-state index is 11.8. The number of nitro benzene ring substituents is 1. The molecule has 0 atom stereocenters. The zero-order chi connectivity index (χ0) is 19.8. The first-order chi connectivity index (χ1) is 13.0. The number of hydrogen-bond acceptors (Lipinski definition) is 6. The molecule has 0 aliphatic heterocycles. The number of para-hydroxylation sites is 1. The smallest absolute Gasteiger partial charge is 0.349 e. The van der Waals surface area contributed by atoms with Crippen LogP contribution in [0, 0.1) is 21.4 Å². The third kappa shape index (κ3) is 5.17. The molecule has 7 nitrogen and oxygen atoms in total. The predicted octanol–water partition coefficient (Wildman–Crippen LogP) is 4.68. The van der Waals surface area contributed by atoms with Gasteiger partial charge in [0.15, 0.2) is 0 Å². The molecule has 0 aliphatic carbocycles. The number of halogens is 1. The van der Waals surface area contributed by atoms with Gasteiger partial charge in [0, 0.05) is 6.07 Å². The van der Waals surface area contributed by atoms with Crippen LogP contribution in [0.25, 0.3) is 6.08 Å². The van der Waals surface area contributed by atoms with E-state index in [4.69, 9.17) is 26.3 Å². The number of benzene rings is 2. The maximum Gasteiger partial charge on any atom is 0.349 e. The van der Waals surface area contributed by atoms with E-state index in [0.717, 1.165) is 0 Å². The number of ether oxygens (including phenoxy) is 2. The quantitative estimate of drug-likeness (QED) is 0.171. The molecule has 0 heterocycles. The standard InChI is InChI=1S/C19H13ClN2O5/c1-2-9-26-19(23)14(12-21)10-13-7-8-18(16(11-13)22(24)25)27-17-6-4-3-5-15(17)20/h2-8,10-11H,1,9H2. The van der Waals surface area contributed by atoms with Gasteiger partial charge in [-0.15, -0.1) is 0 Å². The monoisotopic (exact) mass is 384 g/mol. The average Bonchev–Trinajstić information content (AvgIpc) is 2.66. The third-order valence-electron chi connectivity index (χ3n) is 3.22. The summed E-state index contributed by atoms with van der Waals surface area (Å²) in [6, 6.07) is 12.3. The van der Waals surface area contributed by atoms with Gasteiger partial charge in [-0.1, -0.05) is 42.5 Å². The van der Waals surface area contributed by atoms with E-state index in [0.29, 0.717) is 5.02 Å². The van der Waals surface area contributed by atoms with Crippen LogP contribution in [0.5, 0.6) is 11.5 Å². The summed E-state index contributed by atoms with van der Waals surface area (Å²) < 4.78 is 10.3. The number of hydrogen-bond donors (Lipinski definition) is 0. The van der Waals surface area contributed by atoms with Gasteiger partial charge in [0.25, 0.3) is 0 Å². The molecule has 0 fully saturated rings. The van der Waals surface area contributed by atoms with Crippen LogP contribution in [-0.4, -0.2) is 17.5 Å². The molecule has 8 heteroatoms. The van der Waals surface area contributed by atoms with Crippen molar-refractivity contribution >= 4 is 29.3 Å². The fourth-order valence-electron chi connectivity index (χ4n) is 2.02. The topological polar surface area (TPSA) is 102 Å². The molecule has 0 aliphatic rings. The molecule has 2 aromatic carbocycles. The first kappa shape index (κ1) is 19.7. The summed E-state index contributed by atoms with van der Waals surface area (Å²) in [5.74, 6) is -0.620. The average molecular weight is 385 g/mol. The van der Waals surface area contributed by atoms with Gasteiger partial charge in [0.05, 0.1) is 9.95 Å². The molecule has 0 N–H and O–H groups in total. The zero-order valence-electron chi connectivity index (χ0n) is 13.9. The van der Waals surface area contributed by atoms with Crippen LogP contribution in [0.4, 0.5) is 5.69 Å². The molecule has 0 unspecified atom stereocenters. The fourth-order valence-corrected chi connectivity index (χ4v) is 2.19. The van der Waals surface area contributed by atoms with Crippen molar-refractivity contribution in [3.05, 3.63) is 81.4 Å². The van der Waals surface area contributed by atoms with Crippen LogP contribution in [0.1, 0.15) is 5.56 Å². The van der Waals surface area contributed by atoms with E-state index in [-0.39, 0.29) is 34.9 Å². The predicted molar refractivity (Wildman–Crippen MR) is 99.4 cm³/mol. The molecule has 0 bridgehead atoms. The molecule has 136 valence electrons. The number of rotatable bonds is 7. The van der Waals surface area contributed by atoms with Crippen molar-refractivity contribution < 1.29 is 19.2 Å². The van der Waals surface area contributed by atoms with E-state index in [1.807, 2.05) is 0 Å². The second-order valence-corrected chi connectivity index (χ2v) is 5.48. The highest BCUT2D eigenvalue weighted by atomic mass is 35.5. The highest BCUT2D eigenvalue weighted by Gasteiger charge is 2.18. The minimum atomic E-state index is -0.851. The van der Waals surface area contributed by atoms with Crippen LogP contribution in [0.15, 0.2) is 60.7 Å². The zero-order valence-corrected chi connectivity index (χ0v) is 14.7. The van der Waals surface area contributed by atoms with E-state index < -0.39 is 10.9 Å². The van der Waals surface area contributed by atoms with Crippen LogP contribution < -0.4 is 4.74 Å². The van der Waals surface area contributed by atoms with Crippen LogP contribution >= 0.6 is 11.6 Å². The molecular formula is C19H13ClN2O5. The van der Waals surface area contributed by atoms with Gasteiger partial charge in [0.1, 0.15) is 24.0 Å². The second-order valence-electron chi connectivity index (χ2n) is 5.07. The number of carbonyl (C=O) groups excluding carboxylic acids is 1. The summed E-state index contributed by atoms with van der Waals surface area (Å²) in [7, 11) is 0. The molecule has 2 aromatic rings. The van der Waals surface area contributed by atoms with Crippen LogP contribution in [-0.2, 0) is 9.53 Å². The SMILES string of the molecule is C=CCOC(=O)C(C#N)=Cc1ccc(Oc2ccccc2Cl)c([N+](=O)[O-])c1. The highest BCUT2D eigenvalue weighted by molar-refractivity contribution is 6.32. The lowest BCUT2D eigenvalue weighted by atomic mass is 10.1. The van der Waals surface area contributed by atoms with Gasteiger partial charge in [0.2, 0.25) is 5.75 Å². The molecule has 0 saturated carbocycles. The van der Waals surface area contributed by atoms with Crippen molar-refractivity contribution in [1.82, 2.24) is 0 Å². The molecular weight excluding hydrogens is 372 g/mol. The molecule has 0 saturated heterocycles. The minimum Gasteiger partial charge on any atom is -0.457 e. The van der Waals surface area contributed by atoms with E-state index in [1.54, 1.807) is 30.3 Å². The van der Waals surface area contributed by atoms with E-state index in [1.165, 1.54) is 30.4 Å². The molecule has 0 amide bonds. The van der Waals surface area contributed by atoms with Gasteiger partial charge in [-0.05, 0) is 29.8 Å². The first-order valence-electron chi connectivity index (χ1n) is 7.57. The fraction of sp³-hybridized carbons (Fsp3) is 0.0526. The Labute approximate surface area is 159 Å². The lowest BCUT2D eigenvalue weighted by molar-refractivity contribution is -0.385. The van der Waals surface area contributed by atoms with Crippen molar-refractivity contribution in [2.24, 2.45) is 0 Å². The first-order valence-corrected chi connectivity index (χ1v) is 7.94. The summed E-state index contributed by atoms with van der Waals surface area (Å²) in [6.07, 6.45) is 2.55.